The van der Waals surface area contributed by atoms with Crippen LogP contribution in [-0.4, -0.2) is 30.7 Å². The molecule has 0 aliphatic heterocycles. The molecule has 8 heteroatoms. The lowest BCUT2D eigenvalue weighted by atomic mass is 10.5. The molecule has 0 saturated heterocycles. The highest BCUT2D eigenvalue weighted by atomic mass is 32.2. The average molecular weight is 214 g/mol. The van der Waals surface area contributed by atoms with Gasteiger partial charge in [-0.05, 0) is 17.8 Å². The van der Waals surface area contributed by atoms with Gasteiger partial charge >= 0.3 is 0 Å². The normalized spacial score (nSPS) is 10.5. The third-order valence-corrected chi connectivity index (χ3v) is 2.73. The Balaban J connectivity index is 2.48. The van der Waals surface area contributed by atoms with Crippen molar-refractivity contribution < 1.29 is 0 Å². The van der Waals surface area contributed by atoms with Crippen LogP contribution in [0.15, 0.2) is 11.4 Å². The zero-order valence-corrected chi connectivity index (χ0v) is 8.34. The van der Waals surface area contributed by atoms with Crippen molar-refractivity contribution >= 4 is 23.3 Å². The van der Waals surface area contributed by atoms with Crippen molar-refractivity contribution in [2.24, 2.45) is 0 Å². The molecular weight excluding hydrogens is 208 g/mol. The maximum absolute atomic E-state index is 5.73. The Hall–Kier alpha value is -1.15. The summed E-state index contributed by atoms with van der Waals surface area (Å²) in [5.41, 5.74) is 0. The van der Waals surface area contributed by atoms with Crippen molar-refractivity contribution in [3.8, 4) is 10.7 Å². The summed E-state index contributed by atoms with van der Waals surface area (Å²) in [7, 11) is 0. The molecule has 13 heavy (non-hydrogen) atoms. The number of rotatable bonds is 2. The zero-order valence-electron chi connectivity index (χ0n) is 6.71. The van der Waals surface area contributed by atoms with Gasteiger partial charge in [-0.1, -0.05) is 16.3 Å². The molecule has 2 heterocycles. The minimum atomic E-state index is 0.597. The van der Waals surface area contributed by atoms with Gasteiger partial charge in [-0.25, -0.2) is 4.68 Å². The van der Waals surface area contributed by atoms with Crippen LogP contribution in [0.5, 0.6) is 0 Å². The molecule has 0 aliphatic carbocycles. The number of hydrogen-bond acceptors (Lipinski definition) is 7. The molecule has 68 valence electrons. The lowest BCUT2D eigenvalue weighted by Gasteiger charge is -1.97. The van der Waals surface area contributed by atoms with Crippen LogP contribution in [0.25, 0.3) is 10.7 Å². The molecular formula is C5H6N6S2. The maximum Gasteiger partial charge on any atom is 0.209 e. The molecule has 6 nitrogen and oxygen atoms in total. The van der Waals surface area contributed by atoms with Crippen LogP contribution in [0, 0.1) is 0 Å². The van der Waals surface area contributed by atoms with Gasteiger partial charge < -0.3 is 5.84 Å². The fourth-order valence-corrected chi connectivity index (χ4v) is 1.75. The summed E-state index contributed by atoms with van der Waals surface area (Å²) in [5, 5.41) is 12.2. The van der Waals surface area contributed by atoms with E-state index in [4.69, 9.17) is 5.84 Å². The second kappa shape index (κ2) is 3.30. The van der Waals surface area contributed by atoms with Crippen LogP contribution in [0.1, 0.15) is 0 Å². The number of nitrogens with zero attached hydrogens (tertiary/aromatic N) is 5. The van der Waals surface area contributed by atoms with Crippen molar-refractivity contribution in [1.29, 1.82) is 0 Å². The van der Waals surface area contributed by atoms with Crippen LogP contribution in [0.3, 0.4) is 0 Å². The molecule has 2 rings (SSSR count). The van der Waals surface area contributed by atoms with E-state index >= 15 is 0 Å². The third-order valence-electron chi connectivity index (χ3n) is 1.43. The first kappa shape index (κ1) is 8.45. The second-order valence-electron chi connectivity index (χ2n) is 2.16. The van der Waals surface area contributed by atoms with Gasteiger partial charge in [-0.2, -0.15) is 0 Å². The van der Waals surface area contributed by atoms with Crippen LogP contribution in [-0.2, 0) is 0 Å². The molecule has 0 saturated carbocycles. The molecule has 0 aliphatic rings. The Morgan fingerprint density at radius 3 is 2.92 bits per heavy atom. The highest BCUT2D eigenvalue weighted by Gasteiger charge is 2.12. The van der Waals surface area contributed by atoms with E-state index in [-0.39, 0.29) is 0 Å². The van der Waals surface area contributed by atoms with E-state index in [1.165, 1.54) is 28.0 Å². The molecule has 0 radical (unpaired) electrons. The standard InChI is InChI=1S/C5H6N6S2/c1-12-5-9-8-4(11(5)6)3-2-7-10-13-3/h2H,6H2,1H3. The van der Waals surface area contributed by atoms with Gasteiger partial charge in [0.2, 0.25) is 5.16 Å². The number of aromatic nitrogens is 5. The topological polar surface area (TPSA) is 82.5 Å². The largest absolute Gasteiger partial charge is 0.335 e. The lowest BCUT2D eigenvalue weighted by molar-refractivity contribution is 0.852. The molecule has 0 bridgehead atoms. The van der Waals surface area contributed by atoms with Crippen molar-refractivity contribution in [2.75, 3.05) is 12.1 Å². The van der Waals surface area contributed by atoms with Crippen molar-refractivity contribution in [1.82, 2.24) is 24.5 Å². The average Bonchev–Trinajstić information content (AvgIpc) is 2.72. The smallest absolute Gasteiger partial charge is 0.209 e. The molecule has 2 N–H and O–H groups in total. The van der Waals surface area contributed by atoms with E-state index in [2.05, 4.69) is 19.8 Å². The third kappa shape index (κ3) is 1.38. The van der Waals surface area contributed by atoms with Gasteiger partial charge in [0.1, 0.15) is 4.88 Å². The van der Waals surface area contributed by atoms with E-state index in [1.54, 1.807) is 6.20 Å². The van der Waals surface area contributed by atoms with Crippen LogP contribution in [0.4, 0.5) is 0 Å². The number of hydrogen-bond donors (Lipinski definition) is 1. The highest BCUT2D eigenvalue weighted by molar-refractivity contribution is 7.98. The maximum atomic E-state index is 5.73. The molecule has 0 spiro atoms. The quantitative estimate of drug-likeness (QED) is 0.569. The summed E-state index contributed by atoms with van der Waals surface area (Å²) in [6.45, 7) is 0. The van der Waals surface area contributed by atoms with Gasteiger partial charge in [-0.15, -0.1) is 15.3 Å². The van der Waals surface area contributed by atoms with E-state index in [0.29, 0.717) is 11.0 Å². The first-order valence-corrected chi connectivity index (χ1v) is 5.35. The Morgan fingerprint density at radius 1 is 1.54 bits per heavy atom. The Labute approximate surface area is 82.3 Å². The monoisotopic (exact) mass is 214 g/mol. The molecule has 0 atom stereocenters. The SMILES string of the molecule is CSc1nnc(-c2cnns2)n1N. The predicted octanol–water partition coefficient (Wildman–Crippen LogP) is 0.232. The highest BCUT2D eigenvalue weighted by Crippen LogP contribution is 2.21. The van der Waals surface area contributed by atoms with Gasteiger partial charge in [0.05, 0.1) is 6.20 Å². The summed E-state index contributed by atoms with van der Waals surface area (Å²) in [6, 6.07) is 0. The van der Waals surface area contributed by atoms with Gasteiger partial charge in [0, 0.05) is 0 Å². The minimum Gasteiger partial charge on any atom is -0.335 e. The van der Waals surface area contributed by atoms with Gasteiger partial charge in [-0.3, -0.25) is 0 Å². The van der Waals surface area contributed by atoms with Crippen LogP contribution >= 0.6 is 23.3 Å². The Morgan fingerprint density at radius 2 is 2.38 bits per heavy atom. The van der Waals surface area contributed by atoms with Crippen LogP contribution in [0.2, 0.25) is 0 Å². The van der Waals surface area contributed by atoms with Crippen molar-refractivity contribution in [3.05, 3.63) is 6.20 Å². The van der Waals surface area contributed by atoms with Gasteiger partial charge in [0.15, 0.2) is 5.82 Å². The summed E-state index contributed by atoms with van der Waals surface area (Å²) in [4.78, 5) is 0.815. The molecule has 0 unspecified atom stereocenters. The zero-order chi connectivity index (χ0) is 9.26. The molecule has 0 fully saturated rings. The van der Waals surface area contributed by atoms with Crippen molar-refractivity contribution in [3.63, 3.8) is 0 Å². The molecule has 2 aromatic heterocycles. The molecule has 0 amide bonds. The summed E-state index contributed by atoms with van der Waals surface area (Å²) >= 11 is 2.68. The predicted molar refractivity (Wildman–Crippen MR) is 50.9 cm³/mol. The first-order chi connectivity index (χ1) is 6.33. The summed E-state index contributed by atoms with van der Waals surface area (Å²) in [5.74, 6) is 6.32. The minimum absolute atomic E-state index is 0.597. The number of nitrogens with two attached hydrogens (primary N) is 1. The number of nitrogen functional groups attached to an aromatic ring is 1. The van der Waals surface area contributed by atoms with E-state index < -0.39 is 0 Å². The second-order valence-corrected chi connectivity index (χ2v) is 3.72. The summed E-state index contributed by atoms with van der Waals surface area (Å²) in [6.07, 6.45) is 3.50. The fraction of sp³-hybridized carbons (Fsp3) is 0.200. The van der Waals surface area contributed by atoms with E-state index in [1.807, 2.05) is 6.26 Å². The van der Waals surface area contributed by atoms with Gasteiger partial charge in [0.25, 0.3) is 0 Å². The summed E-state index contributed by atoms with van der Waals surface area (Å²) < 4.78 is 5.15. The number of thioether (sulfide) groups is 1. The fourth-order valence-electron chi connectivity index (χ4n) is 0.850. The molecule has 0 aromatic carbocycles. The lowest BCUT2D eigenvalue weighted by Crippen LogP contribution is -2.10. The molecule has 2 aromatic rings. The Kier molecular flexibility index (Phi) is 2.15. The van der Waals surface area contributed by atoms with E-state index in [0.717, 1.165) is 4.88 Å². The first-order valence-electron chi connectivity index (χ1n) is 3.35. The Bertz CT molecular complexity index is 393. The van der Waals surface area contributed by atoms with Crippen LogP contribution < -0.4 is 5.84 Å². The van der Waals surface area contributed by atoms with Crippen molar-refractivity contribution in [2.45, 2.75) is 5.16 Å². The van der Waals surface area contributed by atoms with E-state index in [9.17, 15) is 0 Å².